The van der Waals surface area contributed by atoms with Crippen LogP contribution in [0.1, 0.15) is 12.0 Å². The van der Waals surface area contributed by atoms with Crippen molar-refractivity contribution >= 4 is 27.2 Å². The van der Waals surface area contributed by atoms with Crippen molar-refractivity contribution in [2.45, 2.75) is 17.5 Å². The Morgan fingerprint density at radius 1 is 1.16 bits per heavy atom. The standard InChI is InChI=1S/C17H15F2N3O2S/c18-11-8-9-22(10-11)14-6-2-1-5-13(14)20-17-16-12(19)4-3-7-15(16)25(23,24)21-17/h1-7,11H,8-10H2,(H,20,21)/t11-/m0/s1. The van der Waals surface area contributed by atoms with Gasteiger partial charge in [-0.25, -0.2) is 8.78 Å². The highest BCUT2D eigenvalue weighted by atomic mass is 32.2. The first kappa shape index (κ1) is 16.0. The number of rotatable bonds is 2. The fourth-order valence-corrected chi connectivity index (χ4v) is 4.35. The number of hydrogen-bond donors (Lipinski definition) is 1. The van der Waals surface area contributed by atoms with Crippen LogP contribution >= 0.6 is 0 Å². The average Bonchev–Trinajstić information content (AvgIpc) is 3.10. The molecule has 2 aromatic carbocycles. The Bertz CT molecular complexity index is 976. The van der Waals surface area contributed by atoms with Gasteiger partial charge in [0, 0.05) is 13.1 Å². The van der Waals surface area contributed by atoms with Gasteiger partial charge in [-0.1, -0.05) is 18.2 Å². The van der Waals surface area contributed by atoms with E-state index in [-0.39, 0.29) is 22.8 Å². The minimum atomic E-state index is -3.93. The number of anilines is 2. The molecule has 0 amide bonds. The molecule has 4 rings (SSSR count). The number of alkyl halides is 1. The third-order valence-corrected chi connectivity index (χ3v) is 5.65. The molecule has 0 aliphatic carbocycles. The van der Waals surface area contributed by atoms with E-state index >= 15 is 0 Å². The van der Waals surface area contributed by atoms with Crippen LogP contribution < -0.4 is 10.2 Å². The van der Waals surface area contributed by atoms with Crippen LogP contribution in [0, 0.1) is 5.82 Å². The lowest BCUT2D eigenvalue weighted by molar-refractivity contribution is 0.364. The first-order valence-corrected chi connectivity index (χ1v) is 9.28. The van der Waals surface area contributed by atoms with Crippen LogP contribution in [0.15, 0.2) is 51.8 Å². The Hall–Kier alpha value is -2.48. The van der Waals surface area contributed by atoms with Crippen LogP contribution in [-0.2, 0) is 10.0 Å². The molecule has 8 heteroatoms. The number of nitrogens with one attached hydrogen (secondary N) is 1. The largest absolute Gasteiger partial charge is 0.367 e. The number of sulfonamides is 1. The molecule has 2 aliphatic heterocycles. The minimum Gasteiger partial charge on any atom is -0.367 e. The molecule has 0 spiro atoms. The second kappa shape index (κ2) is 5.80. The molecule has 0 bridgehead atoms. The highest BCUT2D eigenvalue weighted by Gasteiger charge is 2.32. The fourth-order valence-electron chi connectivity index (χ4n) is 3.17. The lowest BCUT2D eigenvalue weighted by Gasteiger charge is -2.22. The molecule has 2 heterocycles. The van der Waals surface area contributed by atoms with E-state index in [1.807, 2.05) is 17.0 Å². The van der Waals surface area contributed by atoms with E-state index in [4.69, 9.17) is 0 Å². The third kappa shape index (κ3) is 2.76. The topological polar surface area (TPSA) is 61.8 Å². The number of fused-ring (bicyclic) bond motifs is 1. The van der Waals surface area contributed by atoms with Gasteiger partial charge >= 0.3 is 0 Å². The van der Waals surface area contributed by atoms with Gasteiger partial charge in [0.15, 0.2) is 5.84 Å². The van der Waals surface area contributed by atoms with Gasteiger partial charge in [-0.3, -0.25) is 0 Å². The Morgan fingerprint density at radius 3 is 2.72 bits per heavy atom. The predicted molar refractivity (Wildman–Crippen MR) is 91.9 cm³/mol. The molecule has 2 aromatic rings. The van der Waals surface area contributed by atoms with Crippen molar-refractivity contribution in [1.82, 2.24) is 0 Å². The molecule has 25 heavy (non-hydrogen) atoms. The summed E-state index contributed by atoms with van der Waals surface area (Å²) < 4.78 is 55.7. The Morgan fingerprint density at radius 2 is 1.96 bits per heavy atom. The van der Waals surface area contributed by atoms with E-state index in [2.05, 4.69) is 9.71 Å². The lowest BCUT2D eigenvalue weighted by atomic mass is 10.1. The summed E-state index contributed by atoms with van der Waals surface area (Å²) in [6, 6.07) is 11.0. The normalized spacial score (nSPS) is 21.1. The third-order valence-electron chi connectivity index (χ3n) is 4.33. The molecule has 1 N–H and O–H groups in total. The van der Waals surface area contributed by atoms with Crippen LogP contribution in [0.4, 0.5) is 20.2 Å². The molecule has 0 saturated carbocycles. The van der Waals surface area contributed by atoms with Gasteiger partial charge < -0.3 is 10.2 Å². The molecule has 1 saturated heterocycles. The molecule has 0 unspecified atom stereocenters. The maximum absolute atomic E-state index is 14.2. The van der Waals surface area contributed by atoms with Crippen molar-refractivity contribution in [3.63, 3.8) is 0 Å². The smallest absolute Gasteiger partial charge is 0.285 e. The molecule has 5 nitrogen and oxygen atoms in total. The van der Waals surface area contributed by atoms with E-state index in [0.29, 0.717) is 18.7 Å². The van der Waals surface area contributed by atoms with Gasteiger partial charge in [-0.15, -0.1) is 4.40 Å². The summed E-state index contributed by atoms with van der Waals surface area (Å²) in [4.78, 5) is 1.72. The highest BCUT2D eigenvalue weighted by molar-refractivity contribution is 7.90. The number of halogens is 2. The molecule has 130 valence electrons. The monoisotopic (exact) mass is 363 g/mol. The second-order valence-corrected chi connectivity index (χ2v) is 7.57. The Kier molecular flexibility index (Phi) is 3.72. The molecule has 1 fully saturated rings. The van der Waals surface area contributed by atoms with E-state index in [1.54, 1.807) is 12.1 Å². The minimum absolute atomic E-state index is 0.0588. The highest BCUT2D eigenvalue weighted by Crippen LogP contribution is 2.33. The van der Waals surface area contributed by atoms with Crippen molar-refractivity contribution in [2.75, 3.05) is 23.3 Å². The first-order chi connectivity index (χ1) is 12.0. The van der Waals surface area contributed by atoms with Crippen molar-refractivity contribution in [3.8, 4) is 0 Å². The van der Waals surface area contributed by atoms with Crippen molar-refractivity contribution < 1.29 is 17.2 Å². The number of amidine groups is 1. The summed E-state index contributed by atoms with van der Waals surface area (Å²) in [5.74, 6) is -0.719. The number of benzene rings is 2. The molecule has 0 radical (unpaired) electrons. The average molecular weight is 363 g/mol. The Labute approximate surface area is 144 Å². The summed E-state index contributed by atoms with van der Waals surface area (Å²) in [6.45, 7) is 0.837. The summed E-state index contributed by atoms with van der Waals surface area (Å²) in [5, 5.41) is 2.92. The maximum atomic E-state index is 14.2. The predicted octanol–water partition coefficient (Wildman–Crippen LogP) is 2.93. The summed E-state index contributed by atoms with van der Waals surface area (Å²) in [6.07, 6.45) is -0.448. The number of nitrogens with zero attached hydrogens (tertiary/aromatic N) is 2. The molecule has 2 aliphatic rings. The van der Waals surface area contributed by atoms with E-state index in [1.165, 1.54) is 18.2 Å². The molecule has 0 aromatic heterocycles. The fraction of sp³-hybridized carbons (Fsp3) is 0.235. The zero-order valence-electron chi connectivity index (χ0n) is 13.1. The maximum Gasteiger partial charge on any atom is 0.285 e. The molecular weight excluding hydrogens is 348 g/mol. The van der Waals surface area contributed by atoms with Crippen molar-refractivity contribution in [3.05, 3.63) is 53.8 Å². The van der Waals surface area contributed by atoms with Crippen LogP contribution in [-0.4, -0.2) is 33.5 Å². The van der Waals surface area contributed by atoms with E-state index in [0.717, 1.165) is 5.69 Å². The van der Waals surface area contributed by atoms with Gasteiger partial charge in [0.1, 0.15) is 16.9 Å². The van der Waals surface area contributed by atoms with Gasteiger partial charge in [0.2, 0.25) is 0 Å². The summed E-state index contributed by atoms with van der Waals surface area (Å²) >= 11 is 0. The second-order valence-electron chi connectivity index (χ2n) is 6.00. The van der Waals surface area contributed by atoms with Gasteiger partial charge in [-0.2, -0.15) is 8.42 Å². The SMILES string of the molecule is O=S1(=O)N=C(Nc2ccccc2N2CC[C@H](F)C2)c2c(F)cccc21. The summed E-state index contributed by atoms with van der Waals surface area (Å²) in [5.41, 5.74) is 1.22. The van der Waals surface area contributed by atoms with Crippen LogP contribution in [0.2, 0.25) is 0 Å². The van der Waals surface area contributed by atoms with E-state index in [9.17, 15) is 17.2 Å². The molecular formula is C17H15F2N3O2S. The first-order valence-electron chi connectivity index (χ1n) is 7.84. The van der Waals surface area contributed by atoms with Gasteiger partial charge in [-0.05, 0) is 30.7 Å². The summed E-state index contributed by atoms with van der Waals surface area (Å²) in [7, 11) is -3.93. The van der Waals surface area contributed by atoms with Crippen molar-refractivity contribution in [2.24, 2.45) is 4.40 Å². The Balaban J connectivity index is 1.74. The van der Waals surface area contributed by atoms with Crippen LogP contribution in [0.5, 0.6) is 0 Å². The van der Waals surface area contributed by atoms with Gasteiger partial charge in [0.05, 0.1) is 16.9 Å². The zero-order chi connectivity index (χ0) is 17.6. The van der Waals surface area contributed by atoms with Crippen LogP contribution in [0.25, 0.3) is 0 Å². The van der Waals surface area contributed by atoms with Crippen LogP contribution in [0.3, 0.4) is 0 Å². The van der Waals surface area contributed by atoms with Crippen molar-refractivity contribution in [1.29, 1.82) is 0 Å². The zero-order valence-corrected chi connectivity index (χ0v) is 13.9. The molecule has 1 atom stereocenters. The number of hydrogen-bond acceptors (Lipinski definition) is 4. The lowest BCUT2D eigenvalue weighted by Crippen LogP contribution is -2.22. The van der Waals surface area contributed by atoms with Gasteiger partial charge in [0.25, 0.3) is 10.0 Å². The van der Waals surface area contributed by atoms with E-state index < -0.39 is 22.0 Å². The number of para-hydroxylation sites is 2. The quantitative estimate of drug-likeness (QED) is 0.891.